The molecule has 2 rings (SSSR count). The molecule has 0 aliphatic heterocycles. The number of hydrogen-bond acceptors (Lipinski definition) is 4. The summed E-state index contributed by atoms with van der Waals surface area (Å²) in [4.78, 5) is 4.16. The standard InChI is InChI=1S/C16H19N3O2/c1-3-11(2)13-6-4-5-7-14(13)21-15-10-12(8-9-18-15)16(17)19-20/h4-11,20H,3H2,1-2H3,(H2,17,19). The van der Waals surface area contributed by atoms with E-state index in [4.69, 9.17) is 15.7 Å². The van der Waals surface area contributed by atoms with Gasteiger partial charge in [-0.15, -0.1) is 0 Å². The third-order valence-electron chi connectivity index (χ3n) is 3.42. The minimum Gasteiger partial charge on any atom is -0.439 e. The molecule has 0 fully saturated rings. The molecular formula is C16H19N3O2. The monoisotopic (exact) mass is 285 g/mol. The molecule has 5 heteroatoms. The summed E-state index contributed by atoms with van der Waals surface area (Å²) in [6, 6.07) is 11.2. The predicted molar refractivity (Wildman–Crippen MR) is 82.0 cm³/mol. The Morgan fingerprint density at radius 2 is 2.14 bits per heavy atom. The lowest BCUT2D eigenvalue weighted by molar-refractivity contribution is 0.318. The van der Waals surface area contributed by atoms with E-state index in [1.807, 2.05) is 18.2 Å². The summed E-state index contributed by atoms with van der Waals surface area (Å²) in [7, 11) is 0. The van der Waals surface area contributed by atoms with Gasteiger partial charge in [0.15, 0.2) is 5.84 Å². The highest BCUT2D eigenvalue weighted by Crippen LogP contribution is 2.31. The molecule has 3 N–H and O–H groups in total. The van der Waals surface area contributed by atoms with Gasteiger partial charge in [0.05, 0.1) is 0 Å². The molecule has 0 radical (unpaired) electrons. The zero-order valence-corrected chi connectivity index (χ0v) is 12.2. The van der Waals surface area contributed by atoms with Crippen LogP contribution in [-0.4, -0.2) is 16.0 Å². The number of hydrogen-bond donors (Lipinski definition) is 2. The summed E-state index contributed by atoms with van der Waals surface area (Å²) in [5.41, 5.74) is 7.27. The molecule has 0 saturated carbocycles. The van der Waals surface area contributed by atoms with Crippen molar-refractivity contribution in [3.05, 3.63) is 53.7 Å². The van der Waals surface area contributed by atoms with Gasteiger partial charge in [-0.3, -0.25) is 0 Å². The van der Waals surface area contributed by atoms with Gasteiger partial charge in [-0.2, -0.15) is 0 Å². The van der Waals surface area contributed by atoms with E-state index < -0.39 is 0 Å². The Morgan fingerprint density at radius 1 is 1.38 bits per heavy atom. The summed E-state index contributed by atoms with van der Waals surface area (Å²) in [6.45, 7) is 4.29. The zero-order valence-electron chi connectivity index (χ0n) is 12.2. The maximum Gasteiger partial charge on any atom is 0.219 e. The van der Waals surface area contributed by atoms with E-state index in [1.165, 1.54) is 0 Å². The molecular weight excluding hydrogens is 266 g/mol. The SMILES string of the molecule is CCC(C)c1ccccc1Oc1cc(/C(N)=N/O)ccn1. The number of benzene rings is 1. The van der Waals surface area contributed by atoms with Gasteiger partial charge in [0, 0.05) is 17.8 Å². The molecule has 110 valence electrons. The van der Waals surface area contributed by atoms with Gasteiger partial charge in [0.1, 0.15) is 5.75 Å². The fourth-order valence-corrected chi connectivity index (χ4v) is 2.00. The summed E-state index contributed by atoms with van der Waals surface area (Å²) in [5, 5.41) is 11.7. The second kappa shape index (κ2) is 6.74. The Bertz CT molecular complexity index is 641. The van der Waals surface area contributed by atoms with E-state index >= 15 is 0 Å². The Labute approximate surface area is 124 Å². The number of para-hydroxylation sites is 1. The van der Waals surface area contributed by atoms with Crippen molar-refractivity contribution in [2.45, 2.75) is 26.2 Å². The van der Waals surface area contributed by atoms with Crippen molar-refractivity contribution in [1.29, 1.82) is 0 Å². The Morgan fingerprint density at radius 3 is 2.86 bits per heavy atom. The van der Waals surface area contributed by atoms with Crippen LogP contribution < -0.4 is 10.5 Å². The fraction of sp³-hybridized carbons (Fsp3) is 0.250. The van der Waals surface area contributed by atoms with Crippen molar-refractivity contribution >= 4 is 5.84 Å². The van der Waals surface area contributed by atoms with Crippen LogP contribution in [0.3, 0.4) is 0 Å². The quantitative estimate of drug-likeness (QED) is 0.381. The zero-order chi connectivity index (χ0) is 15.2. The first-order valence-electron chi connectivity index (χ1n) is 6.86. The van der Waals surface area contributed by atoms with E-state index in [2.05, 4.69) is 30.1 Å². The Kier molecular flexibility index (Phi) is 4.77. The van der Waals surface area contributed by atoms with Gasteiger partial charge in [0.2, 0.25) is 5.88 Å². The van der Waals surface area contributed by atoms with E-state index in [9.17, 15) is 0 Å². The maximum atomic E-state index is 8.72. The molecule has 1 atom stereocenters. The number of rotatable bonds is 5. The lowest BCUT2D eigenvalue weighted by Crippen LogP contribution is -2.13. The second-order valence-electron chi connectivity index (χ2n) is 4.82. The van der Waals surface area contributed by atoms with Crippen LogP contribution in [0.5, 0.6) is 11.6 Å². The number of aromatic nitrogens is 1. The van der Waals surface area contributed by atoms with Gasteiger partial charge in [0.25, 0.3) is 0 Å². The van der Waals surface area contributed by atoms with Crippen LogP contribution in [0.15, 0.2) is 47.8 Å². The third kappa shape index (κ3) is 3.51. The van der Waals surface area contributed by atoms with Gasteiger partial charge >= 0.3 is 0 Å². The highest BCUT2D eigenvalue weighted by atomic mass is 16.5. The van der Waals surface area contributed by atoms with Gasteiger partial charge in [-0.05, 0) is 30.0 Å². The maximum absolute atomic E-state index is 8.72. The second-order valence-corrected chi connectivity index (χ2v) is 4.82. The fourth-order valence-electron chi connectivity index (χ4n) is 2.00. The van der Waals surface area contributed by atoms with Crippen LogP contribution in [0, 0.1) is 0 Å². The molecule has 0 aliphatic rings. The molecule has 0 bridgehead atoms. The van der Waals surface area contributed by atoms with Crippen molar-refractivity contribution in [1.82, 2.24) is 4.98 Å². The molecule has 1 unspecified atom stereocenters. The molecule has 1 aromatic heterocycles. The molecule has 0 amide bonds. The third-order valence-corrected chi connectivity index (χ3v) is 3.42. The van der Waals surface area contributed by atoms with E-state index in [1.54, 1.807) is 18.3 Å². The minimum absolute atomic E-state index is 0.0254. The Balaban J connectivity index is 2.31. The first-order chi connectivity index (χ1) is 10.2. The summed E-state index contributed by atoms with van der Waals surface area (Å²) < 4.78 is 5.86. The summed E-state index contributed by atoms with van der Waals surface area (Å²) in [5.74, 6) is 1.61. The number of nitrogens with zero attached hydrogens (tertiary/aromatic N) is 2. The highest BCUT2D eigenvalue weighted by Gasteiger charge is 2.11. The van der Waals surface area contributed by atoms with Crippen LogP contribution >= 0.6 is 0 Å². The Hall–Kier alpha value is -2.56. The molecule has 0 spiro atoms. The van der Waals surface area contributed by atoms with Gasteiger partial charge in [-0.25, -0.2) is 4.98 Å². The number of pyridine rings is 1. The highest BCUT2D eigenvalue weighted by molar-refractivity contribution is 5.97. The summed E-state index contributed by atoms with van der Waals surface area (Å²) >= 11 is 0. The number of ether oxygens (including phenoxy) is 1. The van der Waals surface area contributed by atoms with Crippen molar-refractivity contribution in [2.24, 2.45) is 10.9 Å². The smallest absolute Gasteiger partial charge is 0.219 e. The number of amidine groups is 1. The molecule has 1 heterocycles. The molecule has 21 heavy (non-hydrogen) atoms. The lowest BCUT2D eigenvalue weighted by Gasteiger charge is -2.15. The first kappa shape index (κ1) is 14.8. The van der Waals surface area contributed by atoms with Crippen LogP contribution in [-0.2, 0) is 0 Å². The van der Waals surface area contributed by atoms with Gasteiger partial charge in [-0.1, -0.05) is 37.2 Å². The first-order valence-corrected chi connectivity index (χ1v) is 6.86. The number of oxime groups is 1. The van der Waals surface area contributed by atoms with E-state index in [-0.39, 0.29) is 5.84 Å². The average Bonchev–Trinajstić information content (AvgIpc) is 2.54. The number of nitrogens with two attached hydrogens (primary N) is 1. The van der Waals surface area contributed by atoms with Crippen molar-refractivity contribution in [3.8, 4) is 11.6 Å². The van der Waals surface area contributed by atoms with Crippen LogP contribution in [0.25, 0.3) is 0 Å². The predicted octanol–water partition coefficient (Wildman–Crippen LogP) is 3.48. The normalized spacial score (nSPS) is 13.0. The van der Waals surface area contributed by atoms with Crippen LogP contribution in [0.1, 0.15) is 37.3 Å². The average molecular weight is 285 g/mol. The van der Waals surface area contributed by atoms with E-state index in [0.717, 1.165) is 17.7 Å². The van der Waals surface area contributed by atoms with Crippen molar-refractivity contribution < 1.29 is 9.94 Å². The van der Waals surface area contributed by atoms with Crippen LogP contribution in [0.2, 0.25) is 0 Å². The molecule has 5 nitrogen and oxygen atoms in total. The molecule has 2 aromatic rings. The van der Waals surface area contributed by atoms with E-state index in [0.29, 0.717) is 17.4 Å². The van der Waals surface area contributed by atoms with Gasteiger partial charge < -0.3 is 15.7 Å². The topological polar surface area (TPSA) is 80.7 Å². The summed E-state index contributed by atoms with van der Waals surface area (Å²) in [6.07, 6.45) is 2.59. The largest absolute Gasteiger partial charge is 0.439 e. The molecule has 0 aliphatic carbocycles. The molecule has 1 aromatic carbocycles. The van der Waals surface area contributed by atoms with Crippen molar-refractivity contribution in [3.63, 3.8) is 0 Å². The lowest BCUT2D eigenvalue weighted by atomic mass is 9.98. The van der Waals surface area contributed by atoms with Crippen molar-refractivity contribution in [2.75, 3.05) is 0 Å². The molecule has 0 saturated heterocycles. The minimum atomic E-state index is 0.0254. The van der Waals surface area contributed by atoms with Crippen LogP contribution in [0.4, 0.5) is 0 Å².